The Morgan fingerprint density at radius 2 is 1.94 bits per heavy atom. The number of ketones is 1. The van der Waals surface area contributed by atoms with Gasteiger partial charge in [0.2, 0.25) is 0 Å². The van der Waals surface area contributed by atoms with E-state index in [0.717, 1.165) is 58.5 Å². The quantitative estimate of drug-likeness (QED) is 0.488. The van der Waals surface area contributed by atoms with Crippen LogP contribution >= 0.6 is 11.3 Å². The van der Waals surface area contributed by atoms with Crippen LogP contribution in [0.1, 0.15) is 51.4 Å². The van der Waals surface area contributed by atoms with E-state index in [-0.39, 0.29) is 11.7 Å². The molecule has 0 bridgehead atoms. The Kier molecular flexibility index (Phi) is 6.08. The topological polar surface area (TPSA) is 75.6 Å². The highest BCUT2D eigenvalue weighted by atomic mass is 32.1. The number of anilines is 2. The molecule has 7 nitrogen and oxygen atoms in total. The molecular weight excluding hydrogens is 460 g/mol. The van der Waals surface area contributed by atoms with Crippen molar-refractivity contribution in [3.05, 3.63) is 58.9 Å². The van der Waals surface area contributed by atoms with Gasteiger partial charge in [0.25, 0.3) is 5.91 Å². The molecular formula is C27H28N4O3S. The van der Waals surface area contributed by atoms with Gasteiger partial charge in [-0.1, -0.05) is 18.2 Å². The van der Waals surface area contributed by atoms with Crippen molar-refractivity contribution in [2.24, 2.45) is 5.92 Å². The van der Waals surface area contributed by atoms with Crippen LogP contribution in [-0.2, 0) is 11.2 Å². The number of ether oxygens (including phenoxy) is 1. The Balaban J connectivity index is 1.30. The van der Waals surface area contributed by atoms with Gasteiger partial charge in [-0.25, -0.2) is 9.97 Å². The Hall–Kier alpha value is -3.10. The third-order valence-corrected chi connectivity index (χ3v) is 8.21. The standard InChI is InChI=1S/C27H28N4O3S/c32-23(14-18-6-7-18)24-15-19-8-10-31(22-5-2-1-4-20(22)26(19)35-24)27(33)21-16-25(29-17-28-21)30-9-3-12-34-13-11-30/h1-2,4-5,15-18H,3,6-14H2. The molecule has 0 N–H and O–H groups in total. The summed E-state index contributed by atoms with van der Waals surface area (Å²) in [4.78, 5) is 41.2. The highest BCUT2D eigenvalue weighted by Gasteiger charge is 2.30. The highest BCUT2D eigenvalue weighted by Crippen LogP contribution is 2.43. The second-order valence-corrected chi connectivity index (χ2v) is 10.5. The van der Waals surface area contributed by atoms with Crippen LogP contribution in [0, 0.1) is 5.92 Å². The molecule has 3 aromatic rings. The van der Waals surface area contributed by atoms with E-state index < -0.39 is 0 Å². The fraction of sp³-hybridized carbons (Fsp3) is 0.407. The molecule has 35 heavy (non-hydrogen) atoms. The van der Waals surface area contributed by atoms with Gasteiger partial charge in [0, 0.05) is 49.2 Å². The number of hydrogen-bond donors (Lipinski definition) is 0. The van der Waals surface area contributed by atoms with E-state index in [4.69, 9.17) is 4.74 Å². The fourth-order valence-electron chi connectivity index (χ4n) is 4.88. The first-order chi connectivity index (χ1) is 17.2. The molecule has 2 aromatic heterocycles. The van der Waals surface area contributed by atoms with E-state index >= 15 is 0 Å². The summed E-state index contributed by atoms with van der Waals surface area (Å²) in [6.45, 7) is 3.53. The maximum Gasteiger partial charge on any atom is 0.277 e. The van der Waals surface area contributed by atoms with Crippen molar-refractivity contribution in [2.75, 3.05) is 42.6 Å². The lowest BCUT2D eigenvalue weighted by Crippen LogP contribution is -2.34. The molecule has 0 spiro atoms. The van der Waals surface area contributed by atoms with Crippen molar-refractivity contribution < 1.29 is 14.3 Å². The maximum absolute atomic E-state index is 13.7. The van der Waals surface area contributed by atoms with Gasteiger partial charge in [-0.2, -0.15) is 0 Å². The number of benzene rings is 1. The van der Waals surface area contributed by atoms with E-state index in [1.165, 1.54) is 19.2 Å². The van der Waals surface area contributed by atoms with E-state index in [1.807, 2.05) is 29.2 Å². The average Bonchev–Trinajstić information content (AvgIpc) is 3.68. The number of para-hydroxylation sites is 1. The minimum Gasteiger partial charge on any atom is -0.380 e. The predicted molar refractivity (Wildman–Crippen MR) is 136 cm³/mol. The van der Waals surface area contributed by atoms with Crippen molar-refractivity contribution in [1.82, 2.24) is 9.97 Å². The first-order valence-corrected chi connectivity index (χ1v) is 13.2. The number of rotatable bonds is 5. The Morgan fingerprint density at radius 1 is 1.06 bits per heavy atom. The van der Waals surface area contributed by atoms with Crippen LogP contribution in [0.5, 0.6) is 0 Å². The lowest BCUT2D eigenvalue weighted by Gasteiger charge is -2.24. The first-order valence-electron chi connectivity index (χ1n) is 12.4. The first kappa shape index (κ1) is 22.4. The second-order valence-electron chi connectivity index (χ2n) is 9.47. The number of Topliss-reactive ketones (excluding diaryl/α,β-unsaturated/α-hetero) is 1. The number of nitrogens with zero attached hydrogens (tertiary/aromatic N) is 4. The molecule has 1 amide bonds. The van der Waals surface area contributed by atoms with Gasteiger partial charge in [-0.3, -0.25) is 9.59 Å². The van der Waals surface area contributed by atoms with Crippen LogP contribution in [0.15, 0.2) is 42.7 Å². The second kappa shape index (κ2) is 9.51. The molecule has 0 atom stereocenters. The minimum atomic E-state index is -0.132. The minimum absolute atomic E-state index is 0.132. The summed E-state index contributed by atoms with van der Waals surface area (Å²) < 4.78 is 5.56. The van der Waals surface area contributed by atoms with Gasteiger partial charge in [0.15, 0.2) is 5.78 Å². The van der Waals surface area contributed by atoms with Gasteiger partial charge < -0.3 is 14.5 Å². The molecule has 1 aliphatic carbocycles. The number of fused-ring (bicyclic) bond motifs is 3. The molecule has 6 rings (SSSR count). The molecule has 1 aromatic carbocycles. The Labute approximate surface area is 208 Å². The largest absolute Gasteiger partial charge is 0.380 e. The van der Waals surface area contributed by atoms with Gasteiger partial charge >= 0.3 is 0 Å². The summed E-state index contributed by atoms with van der Waals surface area (Å²) in [6, 6.07) is 11.8. The van der Waals surface area contributed by atoms with Crippen molar-refractivity contribution >= 4 is 34.5 Å². The van der Waals surface area contributed by atoms with E-state index in [1.54, 1.807) is 17.4 Å². The average molecular weight is 489 g/mol. The third-order valence-electron chi connectivity index (χ3n) is 6.96. The lowest BCUT2D eigenvalue weighted by atomic mass is 10.1. The number of carbonyl (C=O) groups is 2. The van der Waals surface area contributed by atoms with E-state index in [9.17, 15) is 9.59 Å². The van der Waals surface area contributed by atoms with E-state index in [0.29, 0.717) is 37.6 Å². The van der Waals surface area contributed by atoms with Crippen molar-refractivity contribution in [1.29, 1.82) is 0 Å². The predicted octanol–water partition coefficient (Wildman–Crippen LogP) is 4.62. The fourth-order valence-corrected chi connectivity index (χ4v) is 6.07. The molecule has 1 saturated heterocycles. The van der Waals surface area contributed by atoms with Crippen molar-refractivity contribution in [3.8, 4) is 10.4 Å². The summed E-state index contributed by atoms with van der Waals surface area (Å²) in [5.74, 6) is 1.45. The molecule has 0 radical (unpaired) electrons. The van der Waals surface area contributed by atoms with Crippen LogP contribution in [0.25, 0.3) is 10.4 Å². The molecule has 0 unspecified atom stereocenters. The zero-order chi connectivity index (χ0) is 23.8. The zero-order valence-electron chi connectivity index (χ0n) is 19.6. The summed E-state index contributed by atoms with van der Waals surface area (Å²) >= 11 is 1.57. The van der Waals surface area contributed by atoms with Gasteiger partial charge in [0.1, 0.15) is 17.8 Å². The number of amides is 1. The summed E-state index contributed by atoms with van der Waals surface area (Å²) in [6.07, 6.45) is 6.11. The molecule has 4 heterocycles. The van der Waals surface area contributed by atoms with Crippen molar-refractivity contribution in [2.45, 2.75) is 32.1 Å². The van der Waals surface area contributed by atoms with Crippen LogP contribution < -0.4 is 9.80 Å². The zero-order valence-corrected chi connectivity index (χ0v) is 20.4. The molecule has 8 heteroatoms. The van der Waals surface area contributed by atoms with Crippen LogP contribution in [0.3, 0.4) is 0 Å². The molecule has 1 saturated carbocycles. The molecule has 180 valence electrons. The van der Waals surface area contributed by atoms with Crippen molar-refractivity contribution in [3.63, 3.8) is 0 Å². The SMILES string of the molecule is O=C(CC1CC1)c1cc2c(s1)-c1ccccc1N(C(=O)c1cc(N3CCCOCC3)ncn1)CC2. The van der Waals surface area contributed by atoms with Gasteiger partial charge in [0.05, 0.1) is 17.2 Å². The number of thiophene rings is 1. The summed E-state index contributed by atoms with van der Waals surface area (Å²) in [5, 5.41) is 0. The number of hydrogen-bond acceptors (Lipinski definition) is 7. The van der Waals surface area contributed by atoms with Crippen LogP contribution in [-0.4, -0.2) is 54.5 Å². The maximum atomic E-state index is 13.7. The highest BCUT2D eigenvalue weighted by molar-refractivity contribution is 7.17. The number of aromatic nitrogens is 2. The van der Waals surface area contributed by atoms with Crippen LogP contribution in [0.2, 0.25) is 0 Å². The molecule has 2 fully saturated rings. The summed E-state index contributed by atoms with van der Waals surface area (Å²) in [7, 11) is 0. The summed E-state index contributed by atoms with van der Waals surface area (Å²) in [5.41, 5.74) is 3.40. The van der Waals surface area contributed by atoms with Crippen LogP contribution in [0.4, 0.5) is 11.5 Å². The van der Waals surface area contributed by atoms with E-state index in [2.05, 4.69) is 20.9 Å². The smallest absolute Gasteiger partial charge is 0.277 e. The Morgan fingerprint density at radius 3 is 2.83 bits per heavy atom. The number of carbonyl (C=O) groups excluding carboxylic acids is 2. The van der Waals surface area contributed by atoms with Gasteiger partial charge in [-0.15, -0.1) is 11.3 Å². The molecule has 2 aliphatic heterocycles. The normalized spacial score (nSPS) is 17.8. The molecule has 3 aliphatic rings. The Bertz CT molecular complexity index is 1260. The monoisotopic (exact) mass is 488 g/mol. The van der Waals surface area contributed by atoms with Gasteiger partial charge in [-0.05, 0) is 49.3 Å². The lowest BCUT2D eigenvalue weighted by molar-refractivity contribution is 0.0972. The third kappa shape index (κ3) is 4.60.